The Morgan fingerprint density at radius 1 is 0.960 bits per heavy atom. The summed E-state index contributed by atoms with van der Waals surface area (Å²) >= 11 is 0. The largest absolute Gasteiger partial charge is 0.373 e. The highest BCUT2D eigenvalue weighted by Crippen LogP contribution is 2.47. The number of aromatic nitrogens is 1. The first-order valence-corrected chi connectivity index (χ1v) is 8.79. The van der Waals surface area contributed by atoms with Crippen molar-refractivity contribution >= 4 is 27.9 Å². The van der Waals surface area contributed by atoms with Crippen LogP contribution >= 0.6 is 0 Å². The minimum Gasteiger partial charge on any atom is -0.373 e. The van der Waals surface area contributed by atoms with Gasteiger partial charge in [-0.25, -0.2) is 0 Å². The second-order valence-electron chi connectivity index (χ2n) is 6.72. The Labute approximate surface area is 146 Å². The normalized spacial score (nSPS) is 19.4. The summed E-state index contributed by atoms with van der Waals surface area (Å²) in [6.07, 6.45) is 4.34. The van der Waals surface area contributed by atoms with Crippen LogP contribution in [0.25, 0.3) is 16.5 Å². The van der Waals surface area contributed by atoms with Crippen molar-refractivity contribution in [3.63, 3.8) is 0 Å². The molecule has 122 valence electrons. The van der Waals surface area contributed by atoms with E-state index in [4.69, 9.17) is 0 Å². The average Bonchev–Trinajstić information content (AvgIpc) is 2.68. The molecule has 1 N–H and O–H groups in total. The lowest BCUT2D eigenvalue weighted by molar-refractivity contribution is -0.116. The number of ketones is 1. The molecule has 3 heteroatoms. The van der Waals surface area contributed by atoms with Crippen LogP contribution in [0.4, 0.5) is 5.69 Å². The smallest absolute Gasteiger partial charge is 0.161 e. The summed E-state index contributed by atoms with van der Waals surface area (Å²) in [7, 11) is 0. The second kappa shape index (κ2) is 5.55. The van der Waals surface area contributed by atoms with E-state index < -0.39 is 0 Å². The lowest BCUT2D eigenvalue weighted by Gasteiger charge is -2.35. The van der Waals surface area contributed by atoms with Crippen LogP contribution < -0.4 is 5.32 Å². The molecular formula is C22H18N2O. The number of fused-ring (bicyclic) bond motifs is 4. The number of nitrogens with zero attached hydrogens (tertiary/aromatic N) is 1. The second-order valence-corrected chi connectivity index (χ2v) is 6.72. The lowest BCUT2D eigenvalue weighted by atomic mass is 9.77. The van der Waals surface area contributed by atoms with Crippen LogP contribution in [0.15, 0.2) is 66.4 Å². The Bertz CT molecular complexity index is 1020. The summed E-state index contributed by atoms with van der Waals surface area (Å²) in [6, 6.07) is 18.4. The van der Waals surface area contributed by atoms with Gasteiger partial charge in [0.1, 0.15) is 0 Å². The number of carbonyl (C=O) groups excluding carboxylic acids is 1. The summed E-state index contributed by atoms with van der Waals surface area (Å²) in [5, 5.41) is 4.75. The molecule has 3 aromatic rings. The number of anilines is 1. The first-order chi connectivity index (χ1) is 12.3. The van der Waals surface area contributed by atoms with E-state index in [1.165, 1.54) is 11.1 Å². The monoisotopic (exact) mass is 326 g/mol. The zero-order chi connectivity index (χ0) is 16.8. The molecule has 1 unspecified atom stereocenters. The van der Waals surface area contributed by atoms with E-state index in [2.05, 4.69) is 40.6 Å². The number of rotatable bonds is 1. The number of carbonyl (C=O) groups is 1. The first kappa shape index (κ1) is 14.4. The van der Waals surface area contributed by atoms with E-state index in [1.807, 2.05) is 30.5 Å². The molecule has 0 amide bonds. The molecule has 2 aliphatic rings. The van der Waals surface area contributed by atoms with Crippen LogP contribution in [0.3, 0.4) is 0 Å². The van der Waals surface area contributed by atoms with Crippen molar-refractivity contribution in [2.75, 3.05) is 5.32 Å². The van der Waals surface area contributed by atoms with E-state index in [-0.39, 0.29) is 11.8 Å². The van der Waals surface area contributed by atoms with E-state index in [9.17, 15) is 4.79 Å². The summed E-state index contributed by atoms with van der Waals surface area (Å²) in [6.45, 7) is 0. The summed E-state index contributed by atoms with van der Waals surface area (Å²) in [5.41, 5.74) is 6.54. The van der Waals surface area contributed by atoms with Gasteiger partial charge in [0.15, 0.2) is 5.78 Å². The van der Waals surface area contributed by atoms with Gasteiger partial charge < -0.3 is 5.32 Å². The van der Waals surface area contributed by atoms with Gasteiger partial charge in [-0.3, -0.25) is 9.78 Å². The van der Waals surface area contributed by atoms with Crippen molar-refractivity contribution in [2.45, 2.75) is 25.3 Å². The SMILES string of the molecule is O=C1CCCC2=C1C(c1ccccc1)Nc1ccc3ncccc3c12. The molecule has 1 aromatic heterocycles. The van der Waals surface area contributed by atoms with Crippen molar-refractivity contribution < 1.29 is 4.79 Å². The highest BCUT2D eigenvalue weighted by atomic mass is 16.1. The molecule has 0 bridgehead atoms. The predicted molar refractivity (Wildman–Crippen MR) is 100 cm³/mol. The third-order valence-electron chi connectivity index (χ3n) is 5.26. The number of hydrogen-bond donors (Lipinski definition) is 1. The molecule has 3 nitrogen and oxygen atoms in total. The number of hydrogen-bond acceptors (Lipinski definition) is 3. The van der Waals surface area contributed by atoms with Gasteiger partial charge >= 0.3 is 0 Å². The van der Waals surface area contributed by atoms with Crippen molar-refractivity contribution in [2.24, 2.45) is 0 Å². The molecule has 0 saturated carbocycles. The number of Topliss-reactive ketones (excluding diaryl/α,β-unsaturated/α-hetero) is 1. The summed E-state index contributed by atoms with van der Waals surface area (Å²) in [4.78, 5) is 17.3. The third-order valence-corrected chi connectivity index (χ3v) is 5.26. The molecule has 0 spiro atoms. The van der Waals surface area contributed by atoms with E-state index in [1.54, 1.807) is 0 Å². The van der Waals surface area contributed by atoms with Crippen LogP contribution in [-0.4, -0.2) is 10.8 Å². The van der Waals surface area contributed by atoms with Gasteiger partial charge in [-0.1, -0.05) is 36.4 Å². The highest BCUT2D eigenvalue weighted by Gasteiger charge is 2.34. The Morgan fingerprint density at radius 2 is 1.84 bits per heavy atom. The number of allylic oxidation sites excluding steroid dienone is 1. The van der Waals surface area contributed by atoms with Crippen LogP contribution in [0.2, 0.25) is 0 Å². The Hall–Kier alpha value is -2.94. The van der Waals surface area contributed by atoms with E-state index >= 15 is 0 Å². The average molecular weight is 326 g/mol. The van der Waals surface area contributed by atoms with Crippen LogP contribution in [-0.2, 0) is 4.79 Å². The number of nitrogens with one attached hydrogen (secondary N) is 1. The summed E-state index contributed by atoms with van der Waals surface area (Å²) in [5.74, 6) is 0.272. The van der Waals surface area contributed by atoms with Crippen molar-refractivity contribution in [3.05, 3.63) is 77.5 Å². The molecule has 1 aliphatic heterocycles. The zero-order valence-electron chi connectivity index (χ0n) is 13.8. The van der Waals surface area contributed by atoms with Crippen LogP contribution in [0.5, 0.6) is 0 Å². The van der Waals surface area contributed by atoms with Gasteiger partial charge in [-0.15, -0.1) is 0 Å². The van der Waals surface area contributed by atoms with Crippen LogP contribution in [0.1, 0.15) is 36.4 Å². The Kier molecular flexibility index (Phi) is 3.20. The molecule has 1 atom stereocenters. The molecule has 0 fully saturated rings. The quantitative estimate of drug-likeness (QED) is 0.691. The van der Waals surface area contributed by atoms with Gasteiger partial charge in [0.05, 0.1) is 11.6 Å². The number of benzene rings is 2. The van der Waals surface area contributed by atoms with Gasteiger partial charge in [0.2, 0.25) is 0 Å². The lowest BCUT2D eigenvalue weighted by Crippen LogP contribution is -2.27. The minimum atomic E-state index is -0.0642. The van der Waals surface area contributed by atoms with Crippen molar-refractivity contribution in [1.29, 1.82) is 0 Å². The van der Waals surface area contributed by atoms with E-state index in [0.717, 1.165) is 40.6 Å². The number of pyridine rings is 1. The Balaban J connectivity index is 1.81. The molecule has 2 heterocycles. The maximum Gasteiger partial charge on any atom is 0.161 e. The molecule has 5 rings (SSSR count). The molecule has 1 aliphatic carbocycles. The summed E-state index contributed by atoms with van der Waals surface area (Å²) < 4.78 is 0. The van der Waals surface area contributed by atoms with Gasteiger partial charge in [-0.2, -0.15) is 0 Å². The maximum absolute atomic E-state index is 12.8. The Morgan fingerprint density at radius 3 is 2.72 bits per heavy atom. The van der Waals surface area contributed by atoms with Crippen LogP contribution in [0, 0.1) is 0 Å². The third kappa shape index (κ3) is 2.19. The molecule has 25 heavy (non-hydrogen) atoms. The fourth-order valence-electron chi connectivity index (χ4n) is 4.18. The van der Waals surface area contributed by atoms with Crippen molar-refractivity contribution in [1.82, 2.24) is 4.98 Å². The predicted octanol–water partition coefficient (Wildman–Crippen LogP) is 4.91. The van der Waals surface area contributed by atoms with Gasteiger partial charge in [0.25, 0.3) is 0 Å². The fraction of sp³-hybridized carbons (Fsp3) is 0.182. The fourth-order valence-corrected chi connectivity index (χ4v) is 4.18. The standard InChI is InChI=1S/C22H18N2O/c25-19-10-4-8-16-20-15-9-5-13-23-17(15)11-12-18(20)24-22(21(16)19)14-6-2-1-3-7-14/h1-3,5-7,9,11-13,22,24H,4,8,10H2. The molecule has 0 saturated heterocycles. The van der Waals surface area contributed by atoms with Gasteiger partial charge in [0, 0.05) is 34.8 Å². The zero-order valence-corrected chi connectivity index (χ0v) is 13.8. The minimum absolute atomic E-state index is 0.0642. The topological polar surface area (TPSA) is 42.0 Å². The highest BCUT2D eigenvalue weighted by molar-refractivity contribution is 6.12. The molecular weight excluding hydrogens is 308 g/mol. The molecule has 2 aromatic carbocycles. The van der Waals surface area contributed by atoms with Gasteiger partial charge in [-0.05, 0) is 42.2 Å². The maximum atomic E-state index is 12.8. The van der Waals surface area contributed by atoms with Crippen molar-refractivity contribution in [3.8, 4) is 0 Å². The first-order valence-electron chi connectivity index (χ1n) is 8.79. The van der Waals surface area contributed by atoms with E-state index in [0.29, 0.717) is 6.42 Å². The molecule has 0 radical (unpaired) electrons.